The van der Waals surface area contributed by atoms with Crippen LogP contribution in [0.2, 0.25) is 0 Å². The Bertz CT molecular complexity index is 344. The van der Waals surface area contributed by atoms with Gasteiger partial charge in [0.15, 0.2) is 0 Å². The highest BCUT2D eigenvalue weighted by Gasteiger charge is 2.47. The predicted molar refractivity (Wildman–Crippen MR) is 90.5 cm³/mol. The van der Waals surface area contributed by atoms with Crippen LogP contribution in [0.3, 0.4) is 0 Å². The van der Waals surface area contributed by atoms with E-state index in [2.05, 4.69) is 45.0 Å². The Morgan fingerprint density at radius 2 is 1.38 bits per heavy atom. The molecule has 122 valence electrons. The molecule has 1 N–H and O–H groups in total. The Morgan fingerprint density at radius 1 is 0.857 bits per heavy atom. The third-order valence-corrected chi connectivity index (χ3v) is 6.39. The van der Waals surface area contributed by atoms with E-state index < -0.39 is 0 Å². The highest BCUT2D eigenvalue weighted by atomic mass is 15.2. The maximum atomic E-state index is 3.56. The molecule has 0 amide bonds. The molecule has 2 unspecified atom stereocenters. The molecule has 0 spiro atoms. The Morgan fingerprint density at radius 3 is 1.86 bits per heavy atom. The zero-order chi connectivity index (χ0) is 15.3. The number of piperidine rings is 2. The summed E-state index contributed by atoms with van der Waals surface area (Å²) < 4.78 is 0. The number of hydrogen-bond acceptors (Lipinski definition) is 2. The van der Waals surface area contributed by atoms with Crippen molar-refractivity contribution in [2.75, 3.05) is 7.05 Å². The highest BCUT2D eigenvalue weighted by Crippen LogP contribution is 2.49. The van der Waals surface area contributed by atoms with Crippen molar-refractivity contribution in [3.05, 3.63) is 0 Å². The molecule has 1 aliphatic carbocycles. The summed E-state index contributed by atoms with van der Waals surface area (Å²) in [6.45, 7) is 9.99. The fourth-order valence-corrected chi connectivity index (χ4v) is 6.25. The van der Waals surface area contributed by atoms with Gasteiger partial charge in [-0.15, -0.1) is 0 Å². The van der Waals surface area contributed by atoms with E-state index in [-0.39, 0.29) is 0 Å². The second-order valence-corrected chi connectivity index (χ2v) is 9.71. The van der Waals surface area contributed by atoms with Gasteiger partial charge in [0.05, 0.1) is 0 Å². The average Bonchev–Trinajstić information content (AvgIpc) is 2.33. The number of rotatable bonds is 2. The van der Waals surface area contributed by atoms with Crippen molar-refractivity contribution in [2.45, 2.75) is 103 Å². The van der Waals surface area contributed by atoms with Crippen LogP contribution in [0.15, 0.2) is 0 Å². The zero-order valence-electron chi connectivity index (χ0n) is 14.9. The van der Waals surface area contributed by atoms with E-state index in [4.69, 9.17) is 0 Å². The molecule has 3 rings (SSSR count). The van der Waals surface area contributed by atoms with E-state index in [1.165, 1.54) is 51.4 Å². The van der Waals surface area contributed by atoms with Crippen LogP contribution in [-0.2, 0) is 0 Å². The van der Waals surface area contributed by atoms with Gasteiger partial charge in [0.2, 0.25) is 0 Å². The average molecular weight is 293 g/mol. The van der Waals surface area contributed by atoms with Crippen LogP contribution in [0.1, 0.15) is 79.1 Å². The minimum Gasteiger partial charge on any atom is -0.317 e. The lowest BCUT2D eigenvalue weighted by atomic mass is 9.62. The van der Waals surface area contributed by atoms with Crippen LogP contribution in [0.5, 0.6) is 0 Å². The Kier molecular flexibility index (Phi) is 4.16. The lowest BCUT2D eigenvalue weighted by molar-refractivity contribution is -0.0619. The van der Waals surface area contributed by atoms with Gasteiger partial charge in [0, 0.05) is 24.2 Å². The van der Waals surface area contributed by atoms with Gasteiger partial charge in [0.1, 0.15) is 0 Å². The molecule has 2 nitrogen and oxygen atoms in total. The van der Waals surface area contributed by atoms with Crippen molar-refractivity contribution in [1.29, 1.82) is 0 Å². The fraction of sp³-hybridized carbons (Fsp3) is 1.00. The molecule has 2 atom stereocenters. The summed E-state index contributed by atoms with van der Waals surface area (Å²) in [7, 11) is 2.16. The van der Waals surface area contributed by atoms with Gasteiger partial charge < -0.3 is 5.32 Å². The SMILES string of the molecule is CNC1CC2CCCC(C1)N2C1CC(C)(C)CC(C)(C)C1. The van der Waals surface area contributed by atoms with E-state index in [1.54, 1.807) is 0 Å². The van der Waals surface area contributed by atoms with Crippen LogP contribution in [0.25, 0.3) is 0 Å². The Labute approximate surface area is 132 Å². The van der Waals surface area contributed by atoms with Gasteiger partial charge in [-0.1, -0.05) is 34.1 Å². The molecular weight excluding hydrogens is 256 g/mol. The molecule has 3 aliphatic rings. The Hall–Kier alpha value is -0.0800. The van der Waals surface area contributed by atoms with E-state index in [0.717, 1.165) is 24.2 Å². The van der Waals surface area contributed by atoms with E-state index in [1.807, 2.05) is 0 Å². The van der Waals surface area contributed by atoms with Gasteiger partial charge in [-0.25, -0.2) is 0 Å². The van der Waals surface area contributed by atoms with Crippen LogP contribution in [-0.4, -0.2) is 36.1 Å². The van der Waals surface area contributed by atoms with Crippen molar-refractivity contribution in [2.24, 2.45) is 10.8 Å². The minimum absolute atomic E-state index is 0.514. The summed E-state index contributed by atoms with van der Waals surface area (Å²) in [5, 5.41) is 3.56. The number of hydrogen-bond donors (Lipinski definition) is 1. The molecular formula is C19H36N2. The smallest absolute Gasteiger partial charge is 0.0116 e. The van der Waals surface area contributed by atoms with Crippen LogP contribution in [0, 0.1) is 10.8 Å². The lowest BCUT2D eigenvalue weighted by Crippen LogP contribution is -2.61. The summed E-state index contributed by atoms with van der Waals surface area (Å²) in [6.07, 6.45) is 11.3. The van der Waals surface area contributed by atoms with Crippen molar-refractivity contribution in [3.8, 4) is 0 Å². The van der Waals surface area contributed by atoms with Crippen molar-refractivity contribution >= 4 is 0 Å². The van der Waals surface area contributed by atoms with Crippen molar-refractivity contribution in [3.63, 3.8) is 0 Å². The second-order valence-electron chi connectivity index (χ2n) is 9.71. The summed E-state index contributed by atoms with van der Waals surface area (Å²) in [5.74, 6) is 0. The van der Waals surface area contributed by atoms with Gasteiger partial charge in [-0.05, 0) is 62.8 Å². The number of nitrogens with one attached hydrogen (secondary N) is 1. The maximum Gasteiger partial charge on any atom is 0.0116 e. The molecule has 0 aromatic carbocycles. The first-order valence-corrected chi connectivity index (χ1v) is 9.24. The molecule has 0 radical (unpaired) electrons. The first-order chi connectivity index (χ1) is 9.80. The fourth-order valence-electron chi connectivity index (χ4n) is 6.25. The molecule has 1 saturated carbocycles. The van der Waals surface area contributed by atoms with Crippen LogP contribution < -0.4 is 5.32 Å². The van der Waals surface area contributed by atoms with Gasteiger partial charge in [0.25, 0.3) is 0 Å². The molecule has 2 bridgehead atoms. The molecule has 3 fully saturated rings. The zero-order valence-corrected chi connectivity index (χ0v) is 14.9. The van der Waals surface area contributed by atoms with Crippen LogP contribution in [0.4, 0.5) is 0 Å². The van der Waals surface area contributed by atoms with Crippen molar-refractivity contribution in [1.82, 2.24) is 10.2 Å². The largest absolute Gasteiger partial charge is 0.317 e. The predicted octanol–water partition coefficient (Wildman–Crippen LogP) is 4.20. The topological polar surface area (TPSA) is 15.3 Å². The lowest BCUT2D eigenvalue weighted by Gasteiger charge is -2.57. The highest BCUT2D eigenvalue weighted by molar-refractivity contribution is 5.01. The quantitative estimate of drug-likeness (QED) is 0.820. The van der Waals surface area contributed by atoms with Crippen LogP contribution >= 0.6 is 0 Å². The molecule has 0 aromatic rings. The third-order valence-electron chi connectivity index (χ3n) is 6.39. The summed E-state index contributed by atoms with van der Waals surface area (Å²) in [4.78, 5) is 3.00. The van der Waals surface area contributed by atoms with E-state index in [9.17, 15) is 0 Å². The van der Waals surface area contributed by atoms with Gasteiger partial charge in [-0.3, -0.25) is 4.90 Å². The molecule has 2 aliphatic heterocycles. The second kappa shape index (κ2) is 5.53. The monoisotopic (exact) mass is 292 g/mol. The minimum atomic E-state index is 0.514. The number of fused-ring (bicyclic) bond motifs is 2. The first kappa shape index (κ1) is 15.8. The summed E-state index contributed by atoms with van der Waals surface area (Å²) >= 11 is 0. The van der Waals surface area contributed by atoms with Gasteiger partial charge >= 0.3 is 0 Å². The molecule has 21 heavy (non-hydrogen) atoms. The summed E-state index contributed by atoms with van der Waals surface area (Å²) in [6, 6.07) is 3.30. The van der Waals surface area contributed by atoms with Gasteiger partial charge in [-0.2, -0.15) is 0 Å². The molecule has 2 saturated heterocycles. The number of nitrogens with zero attached hydrogens (tertiary/aromatic N) is 1. The third kappa shape index (κ3) is 3.32. The molecule has 0 aromatic heterocycles. The maximum absolute atomic E-state index is 3.56. The molecule has 2 heterocycles. The normalized spacial score (nSPS) is 40.1. The standard InChI is InChI=1S/C19H36N2/c1-18(2)11-17(12-19(3,4)13-18)21-15-7-6-8-16(21)10-14(9-15)20-5/h14-17,20H,6-13H2,1-5H3. The van der Waals surface area contributed by atoms with Crippen molar-refractivity contribution < 1.29 is 0 Å². The van der Waals surface area contributed by atoms with E-state index >= 15 is 0 Å². The summed E-state index contributed by atoms with van der Waals surface area (Å²) in [5.41, 5.74) is 1.03. The molecule has 2 heteroatoms. The van der Waals surface area contributed by atoms with E-state index in [0.29, 0.717) is 10.8 Å². The Balaban J connectivity index is 1.79. The first-order valence-electron chi connectivity index (χ1n) is 9.24.